The minimum Gasteiger partial charge on any atom is -0.368 e. The summed E-state index contributed by atoms with van der Waals surface area (Å²) in [4.78, 5) is 34.1. The second kappa shape index (κ2) is 7.78. The average molecular weight is 380 g/mol. The zero-order chi connectivity index (χ0) is 19.7. The van der Waals surface area contributed by atoms with Crippen LogP contribution in [0.3, 0.4) is 0 Å². The van der Waals surface area contributed by atoms with Gasteiger partial charge >= 0.3 is 0 Å². The molecule has 0 bridgehead atoms. The number of amides is 1. The topological polar surface area (TPSA) is 58.4 Å². The molecular weight excluding hydrogens is 352 g/mol. The first-order valence-corrected chi connectivity index (χ1v) is 10.2. The van der Waals surface area contributed by atoms with E-state index in [0.717, 1.165) is 56.6 Å². The highest BCUT2D eigenvalue weighted by Crippen LogP contribution is 2.24. The van der Waals surface area contributed by atoms with Crippen LogP contribution in [0.2, 0.25) is 0 Å². The summed E-state index contributed by atoms with van der Waals surface area (Å²) in [5.41, 5.74) is 1.80. The molecule has 2 aliphatic rings. The molecule has 1 aliphatic heterocycles. The second-order valence-electron chi connectivity index (χ2n) is 8.05. The molecule has 0 N–H and O–H groups in total. The summed E-state index contributed by atoms with van der Waals surface area (Å²) in [7, 11) is 0. The fraction of sp³-hybridized carbons (Fsp3) is 0.500. The molecule has 1 aliphatic carbocycles. The van der Waals surface area contributed by atoms with Gasteiger partial charge in [-0.15, -0.1) is 0 Å². The van der Waals surface area contributed by atoms with Crippen molar-refractivity contribution in [1.82, 2.24) is 14.5 Å². The first kappa shape index (κ1) is 18.7. The largest absolute Gasteiger partial charge is 0.368 e. The van der Waals surface area contributed by atoms with E-state index in [2.05, 4.69) is 22.0 Å². The van der Waals surface area contributed by atoms with Crippen molar-refractivity contribution in [2.75, 3.05) is 31.1 Å². The van der Waals surface area contributed by atoms with E-state index >= 15 is 0 Å². The van der Waals surface area contributed by atoms with Crippen molar-refractivity contribution in [3.05, 3.63) is 47.0 Å². The molecule has 0 radical (unpaired) electrons. The maximum absolute atomic E-state index is 12.7. The number of allylic oxidation sites excluding steroid dienone is 2. The standard InChI is InChI=1S/C22H28N4O2/c1-16(2)26-15-23-20-14-18(8-9-19(20)22(26)28)24-10-12-25(13-11-24)21(27)17-6-4-3-5-7-17/h3-4,8-9,14-17H,5-7,10-13H2,1-2H3. The highest BCUT2D eigenvalue weighted by Gasteiger charge is 2.27. The number of fused-ring (bicyclic) bond motifs is 1. The fourth-order valence-electron chi connectivity index (χ4n) is 4.15. The van der Waals surface area contributed by atoms with Crippen molar-refractivity contribution in [3.8, 4) is 0 Å². The summed E-state index contributed by atoms with van der Waals surface area (Å²) in [5, 5.41) is 0.652. The van der Waals surface area contributed by atoms with Gasteiger partial charge in [0.25, 0.3) is 5.56 Å². The minimum atomic E-state index is 0.00324. The van der Waals surface area contributed by atoms with Crippen LogP contribution in [0.15, 0.2) is 41.5 Å². The summed E-state index contributed by atoms with van der Waals surface area (Å²) >= 11 is 0. The van der Waals surface area contributed by atoms with Crippen LogP contribution >= 0.6 is 0 Å². The van der Waals surface area contributed by atoms with Crippen LogP contribution in [-0.4, -0.2) is 46.5 Å². The molecule has 1 aromatic heterocycles. The molecule has 0 saturated carbocycles. The Labute approximate surface area is 165 Å². The Morgan fingerprint density at radius 3 is 2.61 bits per heavy atom. The van der Waals surface area contributed by atoms with Crippen LogP contribution in [0.5, 0.6) is 0 Å². The van der Waals surface area contributed by atoms with Crippen LogP contribution in [0.25, 0.3) is 10.9 Å². The number of aromatic nitrogens is 2. The SMILES string of the molecule is CC(C)n1cnc2cc(N3CCN(C(=O)C4CC=CCC4)CC3)ccc2c1=O. The van der Waals surface area contributed by atoms with E-state index in [1.807, 2.05) is 36.9 Å². The van der Waals surface area contributed by atoms with Gasteiger partial charge in [-0.1, -0.05) is 12.2 Å². The Hall–Kier alpha value is -2.63. The van der Waals surface area contributed by atoms with Gasteiger partial charge in [-0.25, -0.2) is 4.98 Å². The third-order valence-corrected chi connectivity index (χ3v) is 5.90. The summed E-state index contributed by atoms with van der Waals surface area (Å²) < 4.78 is 1.66. The predicted molar refractivity (Wildman–Crippen MR) is 112 cm³/mol. The summed E-state index contributed by atoms with van der Waals surface area (Å²) in [6, 6.07) is 5.96. The van der Waals surface area contributed by atoms with Gasteiger partial charge in [0.2, 0.25) is 5.91 Å². The monoisotopic (exact) mass is 380 g/mol. The van der Waals surface area contributed by atoms with E-state index in [-0.39, 0.29) is 17.5 Å². The normalized spacial score (nSPS) is 20.2. The zero-order valence-corrected chi connectivity index (χ0v) is 16.7. The van der Waals surface area contributed by atoms with Crippen molar-refractivity contribution in [3.63, 3.8) is 0 Å². The fourth-order valence-corrected chi connectivity index (χ4v) is 4.15. The molecule has 1 unspecified atom stereocenters. The molecule has 6 heteroatoms. The van der Waals surface area contributed by atoms with Crippen molar-refractivity contribution < 1.29 is 4.79 Å². The Bertz CT molecular complexity index is 955. The van der Waals surface area contributed by atoms with E-state index in [1.165, 1.54) is 0 Å². The lowest BCUT2D eigenvalue weighted by Crippen LogP contribution is -2.50. The highest BCUT2D eigenvalue weighted by molar-refractivity contribution is 5.82. The van der Waals surface area contributed by atoms with Gasteiger partial charge in [0.05, 0.1) is 17.2 Å². The Kier molecular flexibility index (Phi) is 5.20. The van der Waals surface area contributed by atoms with Crippen LogP contribution in [0, 0.1) is 5.92 Å². The van der Waals surface area contributed by atoms with Gasteiger partial charge in [-0.05, 0) is 51.3 Å². The number of piperazine rings is 1. The molecule has 6 nitrogen and oxygen atoms in total. The molecule has 1 saturated heterocycles. The smallest absolute Gasteiger partial charge is 0.261 e. The molecule has 1 amide bonds. The molecule has 0 spiro atoms. The molecule has 1 atom stereocenters. The molecule has 1 aromatic carbocycles. The number of benzene rings is 1. The Balaban J connectivity index is 1.46. The van der Waals surface area contributed by atoms with Crippen LogP contribution in [0.4, 0.5) is 5.69 Å². The van der Waals surface area contributed by atoms with Crippen molar-refractivity contribution in [1.29, 1.82) is 0 Å². The Morgan fingerprint density at radius 2 is 1.93 bits per heavy atom. The van der Waals surface area contributed by atoms with Crippen LogP contribution in [-0.2, 0) is 4.79 Å². The van der Waals surface area contributed by atoms with E-state index in [1.54, 1.807) is 10.9 Å². The number of hydrogen-bond donors (Lipinski definition) is 0. The van der Waals surface area contributed by atoms with E-state index < -0.39 is 0 Å². The van der Waals surface area contributed by atoms with Gasteiger partial charge in [0.1, 0.15) is 0 Å². The number of carbonyl (C=O) groups is 1. The molecule has 28 heavy (non-hydrogen) atoms. The number of hydrogen-bond acceptors (Lipinski definition) is 4. The maximum Gasteiger partial charge on any atom is 0.261 e. The third-order valence-electron chi connectivity index (χ3n) is 5.90. The lowest BCUT2D eigenvalue weighted by molar-refractivity contribution is -0.136. The van der Waals surface area contributed by atoms with E-state index in [4.69, 9.17) is 0 Å². The lowest BCUT2D eigenvalue weighted by Gasteiger charge is -2.38. The van der Waals surface area contributed by atoms with Gasteiger partial charge in [-0.2, -0.15) is 0 Å². The van der Waals surface area contributed by atoms with E-state index in [0.29, 0.717) is 11.3 Å². The summed E-state index contributed by atoms with van der Waals surface area (Å²) in [5.74, 6) is 0.461. The maximum atomic E-state index is 12.7. The summed E-state index contributed by atoms with van der Waals surface area (Å²) in [6.45, 7) is 7.08. The highest BCUT2D eigenvalue weighted by atomic mass is 16.2. The quantitative estimate of drug-likeness (QED) is 0.768. The first-order chi connectivity index (χ1) is 13.5. The number of nitrogens with zero attached hydrogens (tertiary/aromatic N) is 4. The van der Waals surface area contributed by atoms with Gasteiger partial charge < -0.3 is 9.80 Å². The number of anilines is 1. The van der Waals surface area contributed by atoms with Gasteiger partial charge in [0.15, 0.2) is 0 Å². The molecule has 1 fully saturated rings. The molecule has 2 heterocycles. The lowest BCUT2D eigenvalue weighted by atomic mass is 9.93. The van der Waals surface area contributed by atoms with Crippen molar-refractivity contribution >= 4 is 22.5 Å². The minimum absolute atomic E-state index is 0.00324. The van der Waals surface area contributed by atoms with Crippen LogP contribution in [0.1, 0.15) is 39.2 Å². The predicted octanol–water partition coefficient (Wildman–Crippen LogP) is 2.98. The second-order valence-corrected chi connectivity index (χ2v) is 8.05. The third kappa shape index (κ3) is 3.55. The molecular formula is C22H28N4O2. The molecule has 148 valence electrons. The van der Waals surface area contributed by atoms with Gasteiger partial charge in [-0.3, -0.25) is 14.2 Å². The Morgan fingerprint density at radius 1 is 1.14 bits per heavy atom. The number of rotatable bonds is 3. The van der Waals surface area contributed by atoms with Gasteiger partial charge in [0, 0.05) is 43.8 Å². The first-order valence-electron chi connectivity index (χ1n) is 10.2. The average Bonchev–Trinajstić information content (AvgIpc) is 2.73. The van der Waals surface area contributed by atoms with Crippen molar-refractivity contribution in [2.45, 2.75) is 39.2 Å². The van der Waals surface area contributed by atoms with Crippen LogP contribution < -0.4 is 10.5 Å². The molecule has 2 aromatic rings. The summed E-state index contributed by atoms with van der Waals surface area (Å²) in [6.07, 6.45) is 8.81. The van der Waals surface area contributed by atoms with E-state index in [9.17, 15) is 9.59 Å². The number of carbonyl (C=O) groups excluding carboxylic acids is 1. The molecule has 4 rings (SSSR count). The van der Waals surface area contributed by atoms with Crippen molar-refractivity contribution in [2.24, 2.45) is 5.92 Å². The zero-order valence-electron chi connectivity index (χ0n) is 16.7.